The van der Waals surface area contributed by atoms with Gasteiger partial charge in [0.1, 0.15) is 22.7 Å². The Balaban J connectivity index is 0.971. The molecule has 0 bridgehead atoms. The molecule has 0 saturated heterocycles. The first-order chi connectivity index (χ1) is 33.2. The van der Waals surface area contributed by atoms with Gasteiger partial charge in [0.2, 0.25) is 0 Å². The number of para-hydroxylation sites is 3. The summed E-state index contributed by atoms with van der Waals surface area (Å²) in [6.45, 7) is 0. The second-order valence-electron chi connectivity index (χ2n) is 17.9. The molecule has 0 radical (unpaired) electrons. The van der Waals surface area contributed by atoms with E-state index in [1.165, 1.54) is 43.8 Å². The first-order valence-electron chi connectivity index (χ1n) is 23.0. The second-order valence-corrected chi connectivity index (χ2v) is 17.9. The molecule has 15 rings (SSSR count). The van der Waals surface area contributed by atoms with Gasteiger partial charge in [-0.3, -0.25) is 0 Å². The van der Waals surface area contributed by atoms with Gasteiger partial charge in [0.05, 0.1) is 22.1 Å². The van der Waals surface area contributed by atoms with Crippen LogP contribution in [-0.4, -0.2) is 4.57 Å². The highest BCUT2D eigenvalue weighted by Crippen LogP contribution is 2.61. The molecule has 4 heteroatoms. The van der Waals surface area contributed by atoms with Gasteiger partial charge >= 0.3 is 0 Å². The smallest absolute Gasteiger partial charge is 0.137 e. The first-order valence-corrected chi connectivity index (χ1v) is 23.0. The summed E-state index contributed by atoms with van der Waals surface area (Å²) < 4.78 is 15.9. The van der Waals surface area contributed by atoms with Crippen LogP contribution in [0.5, 0.6) is 11.5 Å². The maximum absolute atomic E-state index is 7.15. The largest absolute Gasteiger partial charge is 0.457 e. The minimum atomic E-state index is -0.621. The van der Waals surface area contributed by atoms with Crippen molar-refractivity contribution in [1.82, 2.24) is 4.57 Å². The van der Waals surface area contributed by atoms with Crippen molar-refractivity contribution in [3.05, 3.63) is 253 Å². The highest BCUT2D eigenvalue weighted by molar-refractivity contribution is 6.12. The average Bonchev–Trinajstić information content (AvgIpc) is 3.93. The van der Waals surface area contributed by atoms with E-state index in [9.17, 15) is 0 Å². The van der Waals surface area contributed by atoms with Crippen molar-refractivity contribution in [2.24, 2.45) is 0 Å². The summed E-state index contributed by atoms with van der Waals surface area (Å²) >= 11 is 0. The van der Waals surface area contributed by atoms with Crippen LogP contribution in [-0.2, 0) is 5.41 Å². The normalized spacial score (nSPS) is 14.7. The summed E-state index contributed by atoms with van der Waals surface area (Å²) in [5.41, 5.74) is 14.9. The molecule has 0 saturated carbocycles. The molecule has 67 heavy (non-hydrogen) atoms. The van der Waals surface area contributed by atoms with Gasteiger partial charge in [-0.05, 0) is 99.1 Å². The lowest BCUT2D eigenvalue weighted by Crippen LogP contribution is -2.36. The fourth-order valence-electron chi connectivity index (χ4n) is 11.9. The lowest BCUT2D eigenvalue weighted by Gasteiger charge is -2.45. The van der Waals surface area contributed by atoms with Crippen LogP contribution in [0.4, 0.5) is 17.1 Å². The van der Waals surface area contributed by atoms with Gasteiger partial charge in [0.15, 0.2) is 0 Å². The zero-order valence-electron chi connectivity index (χ0n) is 36.2. The minimum Gasteiger partial charge on any atom is -0.457 e. The molecule has 1 aliphatic heterocycles. The van der Waals surface area contributed by atoms with Crippen molar-refractivity contribution < 1.29 is 9.15 Å². The van der Waals surface area contributed by atoms with E-state index in [0.29, 0.717) is 0 Å². The summed E-state index contributed by atoms with van der Waals surface area (Å²) in [6.07, 6.45) is 0. The standard InChI is InChI=1S/C63H38N2O2/c1-2-18-44-39(14-1)15-13-27-55(44)64(41-32-35-57-50(36-41)46-20-4-8-26-56(46)65(57)43-30-33-48-47-21-5-9-28-58(47)66-60(48)37-43)42-31-34-53-61(38-42)67-59-29-10-7-24-52(59)63(53)51-23-6-3-19-45(51)49-22-11-16-40-17-12-25-54(63)62(40)49/h1-38H. The molecule has 1 atom stereocenters. The highest BCUT2D eigenvalue weighted by Gasteiger charge is 2.49. The Kier molecular flexibility index (Phi) is 7.40. The van der Waals surface area contributed by atoms with E-state index in [2.05, 4.69) is 228 Å². The van der Waals surface area contributed by atoms with Gasteiger partial charge in [-0.1, -0.05) is 158 Å². The number of benzene rings is 11. The van der Waals surface area contributed by atoms with Crippen LogP contribution in [0.2, 0.25) is 0 Å². The molecule has 1 unspecified atom stereocenters. The van der Waals surface area contributed by atoms with Gasteiger partial charge < -0.3 is 18.6 Å². The Labute approximate surface area is 385 Å². The quantitative estimate of drug-likeness (QED) is 0.177. The third kappa shape index (κ3) is 4.96. The Morgan fingerprint density at radius 3 is 1.96 bits per heavy atom. The fourth-order valence-corrected chi connectivity index (χ4v) is 11.9. The van der Waals surface area contributed by atoms with Crippen LogP contribution in [0.3, 0.4) is 0 Å². The number of hydrogen-bond acceptors (Lipinski definition) is 3. The van der Waals surface area contributed by atoms with E-state index >= 15 is 0 Å². The van der Waals surface area contributed by atoms with Crippen molar-refractivity contribution >= 4 is 82.4 Å². The molecule has 3 heterocycles. The molecule has 1 aliphatic carbocycles. The Morgan fingerprint density at radius 2 is 1.01 bits per heavy atom. The van der Waals surface area contributed by atoms with E-state index in [0.717, 1.165) is 89.1 Å². The third-order valence-corrected chi connectivity index (χ3v) is 14.6. The Bertz CT molecular complexity index is 4220. The SMILES string of the molecule is c1ccc2c(c1)Oc1cc(N(c3ccc4c(c3)c3ccccc3n4-c3ccc4c(c3)oc3ccccc34)c3cccc4ccccc34)ccc1C21c2ccccc2-c2cccc3cccc1c23. The van der Waals surface area contributed by atoms with Crippen LogP contribution in [0.25, 0.3) is 82.1 Å². The maximum atomic E-state index is 7.15. The number of anilines is 3. The number of aromatic nitrogens is 1. The molecule has 2 aromatic heterocycles. The fraction of sp³-hybridized carbons (Fsp3) is 0.0159. The van der Waals surface area contributed by atoms with Gasteiger partial charge in [0.25, 0.3) is 0 Å². The molecule has 0 fully saturated rings. The molecule has 0 N–H and O–H groups in total. The molecule has 2 aliphatic rings. The van der Waals surface area contributed by atoms with Crippen LogP contribution >= 0.6 is 0 Å². The summed E-state index contributed by atoms with van der Waals surface area (Å²) in [6, 6.07) is 83.8. The van der Waals surface area contributed by atoms with Crippen molar-refractivity contribution in [2.45, 2.75) is 5.41 Å². The number of hydrogen-bond donors (Lipinski definition) is 0. The van der Waals surface area contributed by atoms with Crippen LogP contribution in [0.1, 0.15) is 22.3 Å². The second kappa shape index (κ2) is 13.6. The highest BCUT2D eigenvalue weighted by atomic mass is 16.5. The number of nitrogens with zero attached hydrogens (tertiary/aromatic N) is 2. The van der Waals surface area contributed by atoms with Crippen molar-refractivity contribution in [3.63, 3.8) is 0 Å². The predicted molar refractivity (Wildman–Crippen MR) is 275 cm³/mol. The molecule has 0 amide bonds. The van der Waals surface area contributed by atoms with Gasteiger partial charge in [-0.15, -0.1) is 0 Å². The van der Waals surface area contributed by atoms with Gasteiger partial charge in [-0.25, -0.2) is 0 Å². The Morgan fingerprint density at radius 1 is 0.373 bits per heavy atom. The topological polar surface area (TPSA) is 30.5 Å². The summed E-state index contributed by atoms with van der Waals surface area (Å²) in [5.74, 6) is 1.70. The molecular weight excluding hydrogens is 817 g/mol. The monoisotopic (exact) mass is 854 g/mol. The van der Waals surface area contributed by atoms with Crippen molar-refractivity contribution in [2.75, 3.05) is 4.90 Å². The van der Waals surface area contributed by atoms with Crippen LogP contribution in [0.15, 0.2) is 235 Å². The van der Waals surface area contributed by atoms with Gasteiger partial charge in [-0.2, -0.15) is 0 Å². The predicted octanol–water partition coefficient (Wildman–Crippen LogP) is 16.9. The summed E-state index contributed by atoms with van der Waals surface area (Å²) in [5, 5.41) is 9.45. The average molecular weight is 855 g/mol. The van der Waals surface area contributed by atoms with Crippen molar-refractivity contribution in [3.8, 4) is 28.3 Å². The number of furan rings is 1. The molecular formula is C63H38N2O2. The van der Waals surface area contributed by atoms with E-state index in [-0.39, 0.29) is 0 Å². The lowest BCUT2D eigenvalue weighted by atomic mass is 9.58. The number of rotatable bonds is 4. The van der Waals surface area contributed by atoms with E-state index in [4.69, 9.17) is 9.15 Å². The zero-order chi connectivity index (χ0) is 43.8. The van der Waals surface area contributed by atoms with E-state index in [1.807, 2.05) is 12.1 Å². The minimum absolute atomic E-state index is 0.621. The van der Waals surface area contributed by atoms with E-state index in [1.54, 1.807) is 0 Å². The molecule has 312 valence electrons. The molecule has 11 aromatic carbocycles. The maximum Gasteiger partial charge on any atom is 0.137 e. The Hall–Kier alpha value is -8.86. The molecule has 13 aromatic rings. The number of ether oxygens (including phenoxy) is 1. The third-order valence-electron chi connectivity index (χ3n) is 14.6. The van der Waals surface area contributed by atoms with E-state index < -0.39 is 5.41 Å². The first kappa shape index (κ1) is 36.5. The zero-order valence-corrected chi connectivity index (χ0v) is 36.2. The van der Waals surface area contributed by atoms with Crippen molar-refractivity contribution in [1.29, 1.82) is 0 Å². The molecule has 4 nitrogen and oxygen atoms in total. The lowest BCUT2D eigenvalue weighted by molar-refractivity contribution is 0.435. The number of fused-ring (bicyclic) bond motifs is 15. The van der Waals surface area contributed by atoms with Gasteiger partial charge in [0, 0.05) is 67.3 Å². The summed E-state index contributed by atoms with van der Waals surface area (Å²) in [7, 11) is 0. The van der Waals surface area contributed by atoms with Crippen LogP contribution < -0.4 is 9.64 Å². The molecule has 1 spiro atoms. The van der Waals surface area contributed by atoms with Crippen LogP contribution in [0, 0.1) is 0 Å². The summed E-state index contributed by atoms with van der Waals surface area (Å²) in [4.78, 5) is 2.41.